The molecule has 2 saturated heterocycles. The first-order valence-electron chi connectivity index (χ1n) is 26.5. The van der Waals surface area contributed by atoms with E-state index in [4.69, 9.17) is 35.3 Å². The van der Waals surface area contributed by atoms with Gasteiger partial charge in [0.05, 0.1) is 29.5 Å². The van der Waals surface area contributed by atoms with Crippen LogP contribution in [0.1, 0.15) is 113 Å². The molecule has 23 heteroatoms. The van der Waals surface area contributed by atoms with Gasteiger partial charge in [0.15, 0.2) is 8.32 Å². The Morgan fingerprint density at radius 3 is 1.63 bits per heavy atom. The molecule has 0 aliphatic carbocycles. The lowest BCUT2D eigenvalue weighted by molar-refractivity contribution is 0.0824. The van der Waals surface area contributed by atoms with Gasteiger partial charge >= 0.3 is 6.03 Å². The number of fused-ring (bicyclic) bond motifs is 2. The topological polar surface area (TPSA) is 267 Å². The van der Waals surface area contributed by atoms with Crippen molar-refractivity contribution in [2.24, 2.45) is 17.4 Å². The highest BCUT2D eigenvalue weighted by Crippen LogP contribution is 2.39. The summed E-state index contributed by atoms with van der Waals surface area (Å²) in [5.74, 6) is 5.15. The van der Waals surface area contributed by atoms with E-state index in [2.05, 4.69) is 66.5 Å². The third kappa shape index (κ3) is 12.2. The largest absolute Gasteiger partial charge is 0.494 e. The molecule has 0 bridgehead atoms. The molecular formula is C55H72N14O8Si. The molecule has 2 fully saturated rings. The molecule has 2 aliphatic heterocycles. The Bertz CT molecular complexity index is 3350. The Kier molecular flexibility index (Phi) is 16.8. The van der Waals surface area contributed by atoms with Crippen molar-refractivity contribution in [1.82, 2.24) is 48.5 Å². The first-order valence-corrected chi connectivity index (χ1v) is 29.4. The van der Waals surface area contributed by atoms with Crippen LogP contribution in [-0.2, 0) is 30.6 Å². The van der Waals surface area contributed by atoms with Crippen LogP contribution in [0.15, 0.2) is 48.6 Å². The van der Waals surface area contributed by atoms with Crippen molar-refractivity contribution in [3.05, 3.63) is 82.5 Å². The summed E-state index contributed by atoms with van der Waals surface area (Å²) in [4.78, 5) is 79.9. The van der Waals surface area contributed by atoms with E-state index < -0.39 is 31.9 Å². The van der Waals surface area contributed by atoms with Gasteiger partial charge < -0.3 is 44.3 Å². The molecule has 0 spiro atoms. The van der Waals surface area contributed by atoms with Crippen LogP contribution in [0.5, 0.6) is 11.5 Å². The summed E-state index contributed by atoms with van der Waals surface area (Å²) >= 11 is 0. The molecule has 2 aromatic carbocycles. The Hall–Kier alpha value is -7.97. The standard InChI is InChI=1S/C55H72N14O8Si/c1-11-68-42(28-34(3)62-68)50(72)60-52-58-40-30-37(48(56)70)32-44(75-8)46(40)66(52)21-13-14-22-67-47-41(59-53(67)61-51(73)43-29-35(4)63-69(43)12-2)31-38(49(57)71)33-45(47)76-27-15-16-36-17-23-64(24-18-36)54(74)65-25-19-39(20-26-65)77-78(9,10)55(5,6)7/h13-14,28-33,36,39H,11-12,17-27H2,1-10H3,(H2,56,70)(H2,57,71)(H,58,60,72)(H,59,61,73). The van der Waals surface area contributed by atoms with Crippen molar-refractivity contribution in [1.29, 1.82) is 0 Å². The summed E-state index contributed by atoms with van der Waals surface area (Å²) < 4.78 is 25.4. The summed E-state index contributed by atoms with van der Waals surface area (Å²) in [5, 5.41) is 14.9. The summed E-state index contributed by atoms with van der Waals surface area (Å²) in [6.45, 7) is 22.3. The SMILES string of the molecule is CCn1nc(C)cc1C(=O)Nc1nc2cc(C(N)=O)cc(OC)c2n1CC=CCn1c(NC(=O)c2cc(C)nn2CC)nc2cc(C(N)=O)cc(OCC#CC3CCN(C(=O)N4CCC(O[Si](C)(C)C(C)(C)C)CC4)CC3)c21. The number of methoxy groups -OCH3 is 1. The minimum absolute atomic E-state index is 0.0415. The van der Waals surface area contributed by atoms with E-state index >= 15 is 0 Å². The number of hydrogen-bond acceptors (Lipinski definition) is 12. The highest BCUT2D eigenvalue weighted by atomic mass is 28.4. The van der Waals surface area contributed by atoms with Crippen molar-refractivity contribution in [2.45, 2.75) is 125 Å². The van der Waals surface area contributed by atoms with Gasteiger partial charge in [-0.05, 0) is 108 Å². The number of imidazole rings is 2. The Labute approximate surface area is 454 Å². The number of urea groups is 1. The molecule has 4 aromatic heterocycles. The maximum Gasteiger partial charge on any atom is 0.320 e. The molecule has 2 aliphatic rings. The molecule has 6 N–H and O–H groups in total. The van der Waals surface area contributed by atoms with Crippen molar-refractivity contribution in [2.75, 3.05) is 50.5 Å². The fourth-order valence-corrected chi connectivity index (χ4v) is 11.1. The van der Waals surface area contributed by atoms with E-state index in [-0.39, 0.29) is 71.6 Å². The van der Waals surface area contributed by atoms with Gasteiger partial charge in [0, 0.05) is 75.5 Å². The van der Waals surface area contributed by atoms with Gasteiger partial charge in [-0.15, -0.1) is 0 Å². The van der Waals surface area contributed by atoms with Crippen LogP contribution in [-0.4, -0.2) is 132 Å². The fourth-order valence-electron chi connectivity index (χ4n) is 9.66. The minimum atomic E-state index is -1.90. The Morgan fingerprint density at radius 1 is 0.718 bits per heavy atom. The third-order valence-corrected chi connectivity index (χ3v) is 19.4. The maximum atomic E-state index is 14.0. The first-order chi connectivity index (χ1) is 37.1. The number of amides is 6. The number of carbonyl (C=O) groups excluding carboxylic acids is 5. The number of benzene rings is 2. The van der Waals surface area contributed by atoms with E-state index in [0.717, 1.165) is 25.7 Å². The van der Waals surface area contributed by atoms with E-state index in [1.54, 1.807) is 44.5 Å². The van der Waals surface area contributed by atoms with E-state index in [0.29, 0.717) is 89.9 Å². The molecule has 0 radical (unpaired) electrons. The Morgan fingerprint density at radius 2 is 1.18 bits per heavy atom. The lowest BCUT2D eigenvalue weighted by atomic mass is 9.97. The van der Waals surface area contributed by atoms with Crippen molar-refractivity contribution >= 4 is 71.9 Å². The van der Waals surface area contributed by atoms with Gasteiger partial charge in [0.1, 0.15) is 40.5 Å². The number of primary amides is 2. The lowest BCUT2D eigenvalue weighted by Crippen LogP contribution is -2.52. The molecule has 6 aromatic rings. The Balaban J connectivity index is 1.03. The number of aromatic nitrogens is 8. The summed E-state index contributed by atoms with van der Waals surface area (Å²) in [6.07, 6.45) is 6.97. The predicted molar refractivity (Wildman–Crippen MR) is 299 cm³/mol. The van der Waals surface area contributed by atoms with Crippen molar-refractivity contribution < 1.29 is 37.9 Å². The number of ether oxygens (including phenoxy) is 2. The number of nitrogens with zero attached hydrogens (tertiary/aromatic N) is 10. The molecule has 0 atom stereocenters. The van der Waals surface area contributed by atoms with Crippen LogP contribution in [0.2, 0.25) is 18.1 Å². The monoisotopic (exact) mass is 1080 g/mol. The van der Waals surface area contributed by atoms with Crippen LogP contribution in [0.4, 0.5) is 16.7 Å². The van der Waals surface area contributed by atoms with Crippen LogP contribution >= 0.6 is 0 Å². The van der Waals surface area contributed by atoms with Crippen LogP contribution in [0.25, 0.3) is 22.1 Å². The summed E-state index contributed by atoms with van der Waals surface area (Å²) in [5.41, 5.74) is 15.4. The molecule has 78 heavy (non-hydrogen) atoms. The van der Waals surface area contributed by atoms with Crippen LogP contribution in [0, 0.1) is 31.6 Å². The molecule has 22 nitrogen and oxygen atoms in total. The maximum absolute atomic E-state index is 14.0. The van der Waals surface area contributed by atoms with Gasteiger partial charge in [-0.1, -0.05) is 44.8 Å². The van der Waals surface area contributed by atoms with Crippen molar-refractivity contribution in [3.63, 3.8) is 0 Å². The smallest absolute Gasteiger partial charge is 0.320 e. The number of nitrogens with one attached hydrogen (secondary N) is 2. The zero-order chi connectivity index (χ0) is 56.2. The van der Waals surface area contributed by atoms with Gasteiger partial charge in [-0.25, -0.2) is 14.8 Å². The van der Waals surface area contributed by atoms with E-state index in [1.165, 1.54) is 31.4 Å². The number of hydrogen-bond donors (Lipinski definition) is 4. The molecular weight excluding hydrogens is 1010 g/mol. The first kappa shape index (κ1) is 56.2. The normalized spacial score (nSPS) is 14.7. The molecule has 6 amide bonds. The zero-order valence-electron chi connectivity index (χ0n) is 46.4. The number of nitrogens with two attached hydrogens (primary N) is 2. The minimum Gasteiger partial charge on any atom is -0.494 e. The second kappa shape index (κ2) is 23.3. The van der Waals surface area contributed by atoms with Gasteiger partial charge in [0.2, 0.25) is 23.7 Å². The molecule has 0 unspecified atom stereocenters. The number of aryl methyl sites for hydroxylation is 4. The number of rotatable bonds is 17. The second-order valence-electron chi connectivity index (χ2n) is 21.3. The average Bonchev–Trinajstić information content (AvgIpc) is 4.29. The van der Waals surface area contributed by atoms with Crippen LogP contribution < -0.4 is 31.6 Å². The highest BCUT2D eigenvalue weighted by molar-refractivity contribution is 6.74. The fraction of sp³-hybridized carbons (Fsp3) is 0.473. The number of anilines is 2. The summed E-state index contributed by atoms with van der Waals surface area (Å²) in [7, 11) is -0.437. The number of piperidine rings is 2. The lowest BCUT2D eigenvalue weighted by Gasteiger charge is -2.43. The van der Waals surface area contributed by atoms with E-state index in [1.807, 2.05) is 35.8 Å². The number of likely N-dealkylation sites (tertiary alicyclic amines) is 2. The van der Waals surface area contributed by atoms with Crippen LogP contribution in [0.3, 0.4) is 0 Å². The van der Waals surface area contributed by atoms with Gasteiger partial charge in [-0.2, -0.15) is 10.2 Å². The molecule has 414 valence electrons. The third-order valence-electron chi connectivity index (χ3n) is 14.8. The van der Waals surface area contributed by atoms with Crippen molar-refractivity contribution in [3.8, 4) is 23.3 Å². The van der Waals surface area contributed by atoms with Gasteiger partial charge in [0.25, 0.3) is 11.8 Å². The second-order valence-corrected chi connectivity index (χ2v) is 26.0. The highest BCUT2D eigenvalue weighted by Gasteiger charge is 2.40. The molecule has 8 rings (SSSR count). The molecule has 0 saturated carbocycles. The molecule has 6 heterocycles. The number of allylic oxidation sites excluding steroid dienone is 2. The van der Waals surface area contributed by atoms with E-state index in [9.17, 15) is 24.0 Å². The predicted octanol–water partition coefficient (Wildman–Crippen LogP) is 7.10. The average molecular weight is 1090 g/mol. The summed E-state index contributed by atoms with van der Waals surface area (Å²) in [6, 6.07) is 9.56. The zero-order valence-corrected chi connectivity index (χ0v) is 47.4. The number of carbonyl (C=O) groups is 5. The quantitative estimate of drug-likeness (QED) is 0.0405. The van der Waals surface area contributed by atoms with Gasteiger partial charge in [-0.3, -0.25) is 39.2 Å².